The lowest BCUT2D eigenvalue weighted by Gasteiger charge is -2.14. The van der Waals surface area contributed by atoms with Gasteiger partial charge < -0.3 is 15.3 Å². The van der Waals surface area contributed by atoms with Crippen LogP contribution < -0.4 is 5.32 Å². The van der Waals surface area contributed by atoms with E-state index in [1.54, 1.807) is 0 Å². The van der Waals surface area contributed by atoms with Crippen molar-refractivity contribution in [3.8, 4) is 0 Å². The fourth-order valence-corrected chi connectivity index (χ4v) is 2.23. The average Bonchev–Trinajstić information content (AvgIpc) is 2.92. The average molecular weight is 280 g/mol. The summed E-state index contributed by atoms with van der Waals surface area (Å²) in [5, 5.41) is 11.3. The first-order valence-electron chi connectivity index (χ1n) is 6.61. The van der Waals surface area contributed by atoms with Gasteiger partial charge in [0.2, 0.25) is 5.91 Å². The number of halogens is 1. The van der Waals surface area contributed by atoms with Crippen LogP contribution in [0.5, 0.6) is 0 Å². The number of carboxylic acids is 1. The summed E-state index contributed by atoms with van der Waals surface area (Å²) in [6.45, 7) is 2.64. The molecule has 0 bridgehead atoms. The quantitative estimate of drug-likeness (QED) is 0.865. The van der Waals surface area contributed by atoms with E-state index in [9.17, 15) is 14.0 Å². The maximum Gasteiger partial charge on any atom is 0.335 e. The van der Waals surface area contributed by atoms with Gasteiger partial charge in [0.25, 0.3) is 0 Å². The van der Waals surface area contributed by atoms with Gasteiger partial charge in [-0.15, -0.1) is 0 Å². The lowest BCUT2D eigenvalue weighted by atomic mass is 10.2. The number of aromatic carboxylic acids is 1. The maximum atomic E-state index is 13.5. The van der Waals surface area contributed by atoms with Gasteiger partial charge in [-0.2, -0.15) is 0 Å². The number of likely N-dealkylation sites (tertiary alicyclic amines) is 1. The van der Waals surface area contributed by atoms with Gasteiger partial charge in [0.05, 0.1) is 11.3 Å². The molecular weight excluding hydrogens is 263 g/mol. The van der Waals surface area contributed by atoms with E-state index >= 15 is 0 Å². The Morgan fingerprint density at radius 1 is 1.30 bits per heavy atom. The molecule has 20 heavy (non-hydrogen) atoms. The van der Waals surface area contributed by atoms with Crippen LogP contribution in [0.2, 0.25) is 0 Å². The molecule has 6 heteroatoms. The van der Waals surface area contributed by atoms with Crippen LogP contribution in [0.25, 0.3) is 0 Å². The topological polar surface area (TPSA) is 69.6 Å². The Balaban J connectivity index is 1.92. The number of nitrogens with one attached hydrogen (secondary N) is 1. The van der Waals surface area contributed by atoms with Gasteiger partial charge in [-0.1, -0.05) is 0 Å². The van der Waals surface area contributed by atoms with Crippen LogP contribution in [0, 0.1) is 5.82 Å². The summed E-state index contributed by atoms with van der Waals surface area (Å²) in [6.07, 6.45) is 2.57. The molecule has 5 nitrogen and oxygen atoms in total. The SMILES string of the molecule is O=C(CCN1CCCC1)Nc1cc(C(=O)O)ccc1F. The van der Waals surface area contributed by atoms with Gasteiger partial charge in [0.15, 0.2) is 0 Å². The zero-order valence-electron chi connectivity index (χ0n) is 11.1. The van der Waals surface area contributed by atoms with Gasteiger partial charge >= 0.3 is 5.97 Å². The van der Waals surface area contributed by atoms with Crippen molar-refractivity contribution in [2.24, 2.45) is 0 Å². The molecule has 1 aliphatic rings. The smallest absolute Gasteiger partial charge is 0.335 e. The summed E-state index contributed by atoms with van der Waals surface area (Å²) in [5.74, 6) is -2.10. The van der Waals surface area contributed by atoms with Crippen LogP contribution in [-0.2, 0) is 4.79 Å². The number of hydrogen-bond donors (Lipinski definition) is 2. The zero-order valence-corrected chi connectivity index (χ0v) is 11.1. The minimum absolute atomic E-state index is 0.0544. The molecule has 1 aromatic carbocycles. The van der Waals surface area contributed by atoms with Gasteiger partial charge in [-0.3, -0.25) is 4.79 Å². The van der Waals surface area contributed by atoms with Gasteiger partial charge in [-0.25, -0.2) is 9.18 Å². The monoisotopic (exact) mass is 280 g/mol. The Bertz CT molecular complexity index is 513. The fraction of sp³-hybridized carbons (Fsp3) is 0.429. The lowest BCUT2D eigenvalue weighted by molar-refractivity contribution is -0.116. The third-order valence-electron chi connectivity index (χ3n) is 3.34. The predicted octanol–water partition coefficient (Wildman–Crippen LogP) is 1.95. The van der Waals surface area contributed by atoms with Crippen molar-refractivity contribution in [2.45, 2.75) is 19.3 Å². The molecule has 2 rings (SSSR count). The molecule has 1 amide bonds. The Morgan fingerprint density at radius 3 is 2.65 bits per heavy atom. The largest absolute Gasteiger partial charge is 0.478 e. The highest BCUT2D eigenvalue weighted by Crippen LogP contribution is 2.17. The first kappa shape index (κ1) is 14.5. The van der Waals surface area contributed by atoms with Crippen molar-refractivity contribution in [1.29, 1.82) is 0 Å². The highest BCUT2D eigenvalue weighted by Gasteiger charge is 2.14. The van der Waals surface area contributed by atoms with Gasteiger partial charge in [-0.05, 0) is 44.1 Å². The molecule has 0 aliphatic carbocycles. The molecular formula is C14H17FN2O3. The molecule has 0 spiro atoms. The summed E-state index contributed by atoms with van der Waals surface area (Å²) in [5.41, 5.74) is -0.141. The molecule has 108 valence electrons. The Kier molecular flexibility index (Phi) is 4.68. The molecule has 0 aromatic heterocycles. The standard InChI is InChI=1S/C14H17FN2O3/c15-11-4-3-10(14(19)20)9-12(11)16-13(18)5-8-17-6-1-2-7-17/h3-4,9H,1-2,5-8H2,(H,16,18)(H,19,20). The molecule has 0 unspecified atom stereocenters. The fourth-order valence-electron chi connectivity index (χ4n) is 2.23. The van der Waals surface area contributed by atoms with Crippen molar-refractivity contribution in [3.63, 3.8) is 0 Å². The number of benzene rings is 1. The normalized spacial score (nSPS) is 15.2. The van der Waals surface area contributed by atoms with Crippen molar-refractivity contribution >= 4 is 17.6 Å². The number of carboxylic acid groups (broad SMARTS) is 1. The van der Waals surface area contributed by atoms with E-state index in [2.05, 4.69) is 10.2 Å². The van der Waals surface area contributed by atoms with Gasteiger partial charge in [0.1, 0.15) is 5.82 Å². The zero-order chi connectivity index (χ0) is 14.5. The summed E-state index contributed by atoms with van der Waals surface area (Å²) < 4.78 is 13.5. The van der Waals surface area contributed by atoms with Crippen LogP contribution in [0.4, 0.5) is 10.1 Å². The van der Waals surface area contributed by atoms with Crippen LogP contribution in [0.15, 0.2) is 18.2 Å². The summed E-state index contributed by atoms with van der Waals surface area (Å²) >= 11 is 0. The molecule has 0 atom stereocenters. The van der Waals surface area contributed by atoms with Crippen LogP contribution in [0.3, 0.4) is 0 Å². The maximum absolute atomic E-state index is 13.5. The number of hydrogen-bond acceptors (Lipinski definition) is 3. The first-order chi connectivity index (χ1) is 9.56. The highest BCUT2D eigenvalue weighted by molar-refractivity contribution is 5.94. The number of carbonyl (C=O) groups excluding carboxylic acids is 1. The van der Waals surface area contributed by atoms with E-state index in [1.807, 2.05) is 0 Å². The molecule has 1 saturated heterocycles. The number of amides is 1. The van der Waals surface area contributed by atoms with Crippen molar-refractivity contribution in [2.75, 3.05) is 25.0 Å². The molecule has 1 aliphatic heterocycles. The molecule has 0 saturated carbocycles. The Labute approximate surface area is 116 Å². The molecule has 0 radical (unpaired) electrons. The third kappa shape index (κ3) is 3.77. The Morgan fingerprint density at radius 2 is 2.00 bits per heavy atom. The number of carbonyl (C=O) groups is 2. The second kappa shape index (κ2) is 6.47. The van der Waals surface area contributed by atoms with E-state index in [0.717, 1.165) is 44.1 Å². The van der Waals surface area contributed by atoms with E-state index in [0.29, 0.717) is 6.54 Å². The first-order valence-corrected chi connectivity index (χ1v) is 6.61. The second-order valence-corrected chi connectivity index (χ2v) is 4.85. The molecule has 1 fully saturated rings. The highest BCUT2D eigenvalue weighted by atomic mass is 19.1. The van der Waals surface area contributed by atoms with E-state index < -0.39 is 11.8 Å². The minimum Gasteiger partial charge on any atom is -0.478 e. The molecule has 1 heterocycles. The van der Waals surface area contributed by atoms with E-state index in [4.69, 9.17) is 5.11 Å². The van der Waals surface area contributed by atoms with Crippen LogP contribution in [0.1, 0.15) is 29.6 Å². The van der Waals surface area contributed by atoms with Gasteiger partial charge in [0, 0.05) is 13.0 Å². The van der Waals surface area contributed by atoms with Crippen LogP contribution >= 0.6 is 0 Å². The predicted molar refractivity (Wildman–Crippen MR) is 72.3 cm³/mol. The summed E-state index contributed by atoms with van der Waals surface area (Å²) in [6, 6.07) is 3.34. The summed E-state index contributed by atoms with van der Waals surface area (Å²) in [4.78, 5) is 24.7. The second-order valence-electron chi connectivity index (χ2n) is 4.85. The number of anilines is 1. The van der Waals surface area contributed by atoms with E-state index in [-0.39, 0.29) is 23.6 Å². The van der Waals surface area contributed by atoms with E-state index in [1.165, 1.54) is 0 Å². The minimum atomic E-state index is -1.16. The molecule has 1 aromatic rings. The van der Waals surface area contributed by atoms with Crippen molar-refractivity contribution in [3.05, 3.63) is 29.6 Å². The number of rotatable bonds is 5. The molecule has 2 N–H and O–H groups in total. The third-order valence-corrected chi connectivity index (χ3v) is 3.34. The van der Waals surface area contributed by atoms with Crippen molar-refractivity contribution < 1.29 is 19.1 Å². The van der Waals surface area contributed by atoms with Crippen molar-refractivity contribution in [1.82, 2.24) is 4.90 Å². The van der Waals surface area contributed by atoms with Crippen LogP contribution in [-0.4, -0.2) is 41.5 Å². The summed E-state index contributed by atoms with van der Waals surface area (Å²) in [7, 11) is 0. The Hall–Kier alpha value is -1.95. The number of nitrogens with zero attached hydrogens (tertiary/aromatic N) is 1. The lowest BCUT2D eigenvalue weighted by Crippen LogP contribution is -2.25.